The second kappa shape index (κ2) is 5.55. The lowest BCUT2D eigenvalue weighted by atomic mass is 9.92. The number of aryl methyl sites for hydroxylation is 1. The highest BCUT2D eigenvalue weighted by Crippen LogP contribution is 2.24. The molecule has 0 amide bonds. The highest BCUT2D eigenvalue weighted by Gasteiger charge is 2.14. The van der Waals surface area contributed by atoms with Crippen LogP contribution in [0.1, 0.15) is 24.8 Å². The van der Waals surface area contributed by atoms with E-state index in [0.717, 1.165) is 31.2 Å². The first kappa shape index (κ1) is 11.7. The van der Waals surface area contributed by atoms with E-state index in [-0.39, 0.29) is 0 Å². The Hall–Kier alpha value is -0.730. The Labute approximate surface area is 102 Å². The molecule has 2 nitrogen and oxygen atoms in total. The Balaban J connectivity index is 1.88. The Bertz CT molecular complexity index is 348. The van der Waals surface area contributed by atoms with Crippen LogP contribution < -0.4 is 5.73 Å². The highest BCUT2D eigenvalue weighted by atomic mass is 35.5. The maximum atomic E-state index is 5.93. The molecule has 3 heteroatoms. The fraction of sp³-hybridized carbons (Fsp3) is 0.538. The van der Waals surface area contributed by atoms with E-state index in [2.05, 4.69) is 0 Å². The lowest BCUT2D eigenvalue weighted by Crippen LogP contribution is -2.16. The molecule has 0 bridgehead atoms. The number of anilines is 1. The predicted octanol–water partition coefficient (Wildman–Crippen LogP) is 3.28. The van der Waals surface area contributed by atoms with E-state index in [4.69, 9.17) is 22.1 Å². The van der Waals surface area contributed by atoms with Gasteiger partial charge in [-0.25, -0.2) is 0 Å². The summed E-state index contributed by atoms with van der Waals surface area (Å²) in [5, 5.41) is 0.715. The van der Waals surface area contributed by atoms with Gasteiger partial charge in [-0.3, -0.25) is 0 Å². The fourth-order valence-corrected chi connectivity index (χ4v) is 2.37. The summed E-state index contributed by atoms with van der Waals surface area (Å²) in [6.45, 7) is 1.83. The fourth-order valence-electron chi connectivity index (χ4n) is 2.19. The molecule has 0 atom stereocenters. The Kier molecular flexibility index (Phi) is 4.08. The number of nitrogen functional groups attached to an aromatic ring is 1. The molecule has 0 spiro atoms. The van der Waals surface area contributed by atoms with Crippen LogP contribution in [0.3, 0.4) is 0 Å². The molecular weight excluding hydrogens is 222 g/mol. The van der Waals surface area contributed by atoms with Gasteiger partial charge in [0.05, 0.1) is 0 Å². The van der Waals surface area contributed by atoms with Gasteiger partial charge in [-0.1, -0.05) is 17.7 Å². The van der Waals surface area contributed by atoms with Gasteiger partial charge in [0, 0.05) is 23.9 Å². The molecule has 2 rings (SSSR count). The molecule has 0 unspecified atom stereocenters. The summed E-state index contributed by atoms with van der Waals surface area (Å²) >= 11 is 5.87. The van der Waals surface area contributed by atoms with Crippen LogP contribution in [0.15, 0.2) is 18.2 Å². The van der Waals surface area contributed by atoms with Gasteiger partial charge in [-0.05, 0) is 49.3 Å². The monoisotopic (exact) mass is 239 g/mol. The van der Waals surface area contributed by atoms with Gasteiger partial charge in [0.25, 0.3) is 0 Å². The number of nitrogens with two attached hydrogens (primary N) is 1. The molecule has 16 heavy (non-hydrogen) atoms. The van der Waals surface area contributed by atoms with Gasteiger partial charge in [-0.2, -0.15) is 0 Å². The van der Waals surface area contributed by atoms with E-state index in [9.17, 15) is 0 Å². The normalized spacial score (nSPS) is 17.6. The van der Waals surface area contributed by atoms with Crippen molar-refractivity contribution in [2.75, 3.05) is 18.9 Å². The van der Waals surface area contributed by atoms with E-state index >= 15 is 0 Å². The third-order valence-corrected chi connectivity index (χ3v) is 3.51. The number of hydrogen-bond donors (Lipinski definition) is 1. The summed E-state index contributed by atoms with van der Waals surface area (Å²) in [6, 6.07) is 5.79. The van der Waals surface area contributed by atoms with Crippen molar-refractivity contribution in [3.8, 4) is 0 Å². The SMILES string of the molecule is Nc1cc(Cl)ccc1CCC1CCOCC1. The van der Waals surface area contributed by atoms with Crippen molar-refractivity contribution in [1.82, 2.24) is 0 Å². The zero-order valence-electron chi connectivity index (χ0n) is 9.42. The van der Waals surface area contributed by atoms with Gasteiger partial charge < -0.3 is 10.5 Å². The quantitative estimate of drug-likeness (QED) is 0.822. The van der Waals surface area contributed by atoms with Gasteiger partial charge >= 0.3 is 0 Å². The average molecular weight is 240 g/mol. The maximum Gasteiger partial charge on any atom is 0.0468 e. The Morgan fingerprint density at radius 3 is 2.75 bits per heavy atom. The van der Waals surface area contributed by atoms with Crippen LogP contribution in [0.25, 0.3) is 0 Å². The molecule has 88 valence electrons. The highest BCUT2D eigenvalue weighted by molar-refractivity contribution is 6.30. The number of ether oxygens (including phenoxy) is 1. The van der Waals surface area contributed by atoms with E-state index < -0.39 is 0 Å². The summed E-state index contributed by atoms with van der Waals surface area (Å²) < 4.78 is 5.35. The predicted molar refractivity (Wildman–Crippen MR) is 67.7 cm³/mol. The first-order valence-corrected chi connectivity index (χ1v) is 6.25. The Morgan fingerprint density at radius 1 is 1.31 bits per heavy atom. The van der Waals surface area contributed by atoms with E-state index in [1.807, 2.05) is 18.2 Å². The third-order valence-electron chi connectivity index (χ3n) is 3.27. The van der Waals surface area contributed by atoms with E-state index in [0.29, 0.717) is 5.02 Å². The largest absolute Gasteiger partial charge is 0.398 e. The molecular formula is C13H18ClNO. The van der Waals surface area contributed by atoms with Crippen LogP contribution in [0.5, 0.6) is 0 Å². The molecule has 1 saturated heterocycles. The molecule has 0 radical (unpaired) electrons. The van der Waals surface area contributed by atoms with Gasteiger partial charge in [0.1, 0.15) is 0 Å². The van der Waals surface area contributed by atoms with Gasteiger partial charge in [0.15, 0.2) is 0 Å². The standard InChI is InChI=1S/C13H18ClNO/c14-12-4-3-11(13(15)9-12)2-1-10-5-7-16-8-6-10/h3-4,9-10H,1-2,5-8,15H2. The van der Waals surface area contributed by atoms with Gasteiger partial charge in [0.2, 0.25) is 0 Å². The first-order chi connectivity index (χ1) is 7.75. The lowest BCUT2D eigenvalue weighted by Gasteiger charge is -2.22. The smallest absolute Gasteiger partial charge is 0.0468 e. The molecule has 1 aromatic rings. The summed E-state index contributed by atoms with van der Waals surface area (Å²) in [7, 11) is 0. The number of rotatable bonds is 3. The van der Waals surface area contributed by atoms with Crippen LogP contribution >= 0.6 is 11.6 Å². The number of benzene rings is 1. The summed E-state index contributed by atoms with van der Waals surface area (Å²) in [5.74, 6) is 0.795. The molecule has 0 aromatic heterocycles. The van der Waals surface area contributed by atoms with Gasteiger partial charge in [-0.15, -0.1) is 0 Å². The topological polar surface area (TPSA) is 35.2 Å². The van der Waals surface area contributed by atoms with Crippen molar-refractivity contribution >= 4 is 17.3 Å². The zero-order chi connectivity index (χ0) is 11.4. The second-order valence-corrected chi connectivity index (χ2v) is 4.87. The molecule has 1 heterocycles. The number of halogens is 1. The average Bonchev–Trinajstić information content (AvgIpc) is 2.29. The lowest BCUT2D eigenvalue weighted by molar-refractivity contribution is 0.0640. The van der Waals surface area contributed by atoms with Crippen LogP contribution in [0.2, 0.25) is 5.02 Å². The van der Waals surface area contributed by atoms with Crippen molar-refractivity contribution in [3.05, 3.63) is 28.8 Å². The van der Waals surface area contributed by atoms with E-state index in [1.165, 1.54) is 24.8 Å². The molecule has 0 saturated carbocycles. The summed E-state index contributed by atoms with van der Waals surface area (Å²) in [6.07, 6.45) is 4.63. The van der Waals surface area contributed by atoms with Crippen LogP contribution in [-0.4, -0.2) is 13.2 Å². The van der Waals surface area contributed by atoms with Crippen molar-refractivity contribution in [2.45, 2.75) is 25.7 Å². The van der Waals surface area contributed by atoms with Crippen LogP contribution in [0, 0.1) is 5.92 Å². The maximum absolute atomic E-state index is 5.93. The minimum Gasteiger partial charge on any atom is -0.398 e. The first-order valence-electron chi connectivity index (χ1n) is 5.87. The molecule has 2 N–H and O–H groups in total. The minimum absolute atomic E-state index is 0.715. The minimum atomic E-state index is 0.715. The van der Waals surface area contributed by atoms with Crippen LogP contribution in [0.4, 0.5) is 5.69 Å². The molecule has 1 aliphatic rings. The van der Waals surface area contributed by atoms with E-state index in [1.54, 1.807) is 0 Å². The summed E-state index contributed by atoms with van der Waals surface area (Å²) in [5.41, 5.74) is 7.97. The third kappa shape index (κ3) is 3.13. The molecule has 0 aliphatic carbocycles. The number of hydrogen-bond acceptors (Lipinski definition) is 2. The summed E-state index contributed by atoms with van der Waals surface area (Å²) in [4.78, 5) is 0. The molecule has 1 fully saturated rings. The van der Waals surface area contributed by atoms with Crippen LogP contribution in [-0.2, 0) is 11.2 Å². The molecule has 1 aliphatic heterocycles. The Morgan fingerprint density at radius 2 is 2.06 bits per heavy atom. The second-order valence-electron chi connectivity index (χ2n) is 4.44. The van der Waals surface area contributed by atoms with Crippen molar-refractivity contribution in [2.24, 2.45) is 5.92 Å². The van der Waals surface area contributed by atoms with Crippen molar-refractivity contribution in [1.29, 1.82) is 0 Å². The molecule has 1 aromatic carbocycles. The zero-order valence-corrected chi connectivity index (χ0v) is 10.2. The van der Waals surface area contributed by atoms with Crippen molar-refractivity contribution < 1.29 is 4.74 Å². The van der Waals surface area contributed by atoms with Crippen molar-refractivity contribution in [3.63, 3.8) is 0 Å².